The minimum Gasteiger partial charge on any atom is -0.480 e. The molecule has 0 aliphatic carbocycles. The van der Waals surface area contributed by atoms with E-state index in [1.807, 2.05) is 0 Å². The van der Waals surface area contributed by atoms with Gasteiger partial charge in [-0.15, -0.1) is 0 Å². The van der Waals surface area contributed by atoms with Gasteiger partial charge in [0.1, 0.15) is 12.6 Å². The number of phosphoric ester groups is 1. The van der Waals surface area contributed by atoms with Gasteiger partial charge >= 0.3 is 25.7 Å². The van der Waals surface area contributed by atoms with E-state index in [2.05, 4.69) is 42.7 Å². The fourth-order valence-corrected chi connectivity index (χ4v) is 6.76. The van der Waals surface area contributed by atoms with Crippen molar-refractivity contribution >= 4 is 25.7 Å². The summed E-state index contributed by atoms with van der Waals surface area (Å²) in [4.78, 5) is 45.9. The largest absolute Gasteiger partial charge is 0.480 e. The summed E-state index contributed by atoms with van der Waals surface area (Å²) in [6.45, 7) is 2.78. The van der Waals surface area contributed by atoms with E-state index >= 15 is 0 Å². The average molecular weight is 802 g/mol. The van der Waals surface area contributed by atoms with Crippen molar-refractivity contribution in [1.82, 2.24) is 0 Å². The lowest BCUT2D eigenvalue weighted by Crippen LogP contribution is -2.34. The van der Waals surface area contributed by atoms with Crippen LogP contribution in [0.4, 0.5) is 0 Å². The molecule has 55 heavy (non-hydrogen) atoms. The van der Waals surface area contributed by atoms with Crippen LogP contribution in [0.15, 0.2) is 24.3 Å². The number of carboxylic acids is 1. The molecule has 322 valence electrons. The Balaban J connectivity index is 4.37. The number of hydrogen-bond acceptors (Lipinski definition) is 9. The molecule has 0 saturated carbocycles. The lowest BCUT2D eigenvalue weighted by atomic mass is 10.0. The second-order valence-corrected chi connectivity index (χ2v) is 16.3. The molecule has 4 N–H and O–H groups in total. The van der Waals surface area contributed by atoms with E-state index in [4.69, 9.17) is 24.8 Å². The maximum absolute atomic E-state index is 12.6. The van der Waals surface area contributed by atoms with Gasteiger partial charge in [0.2, 0.25) is 0 Å². The van der Waals surface area contributed by atoms with Gasteiger partial charge in [0.05, 0.1) is 13.2 Å². The van der Waals surface area contributed by atoms with E-state index in [0.29, 0.717) is 12.8 Å². The van der Waals surface area contributed by atoms with Crippen LogP contribution in [0, 0.1) is 0 Å². The Bertz CT molecular complexity index is 1040. The molecule has 3 atom stereocenters. The first-order valence-electron chi connectivity index (χ1n) is 21.9. The molecule has 3 unspecified atom stereocenters. The van der Waals surface area contributed by atoms with Gasteiger partial charge in [0, 0.05) is 12.8 Å². The number of allylic oxidation sites excluding steroid dienone is 4. The smallest absolute Gasteiger partial charge is 0.472 e. The highest BCUT2D eigenvalue weighted by molar-refractivity contribution is 7.47. The molecule has 12 heteroatoms. The normalized spacial score (nSPS) is 14.0. The highest BCUT2D eigenvalue weighted by atomic mass is 31.2. The third kappa shape index (κ3) is 38.6. The highest BCUT2D eigenvalue weighted by Crippen LogP contribution is 2.43. The maximum atomic E-state index is 12.6. The Hall–Kier alpha value is -2.04. The Morgan fingerprint density at radius 1 is 0.564 bits per heavy atom. The number of ether oxygens (including phenoxy) is 2. The van der Waals surface area contributed by atoms with Crippen molar-refractivity contribution in [2.75, 3.05) is 19.8 Å². The molecule has 11 nitrogen and oxygen atoms in total. The standard InChI is InChI=1S/C43H80NO10P/c1-3-5-7-9-11-13-15-17-19-21-23-25-27-29-31-33-35-42(46)54-39(37-52-55(49,50)53-38-40(44)43(47)48)36-51-41(45)34-32-30-28-26-24-22-20-18-16-14-12-10-8-6-4-2/h13,15,19,21,39-40H,3-12,14,16-18,20,22-38,44H2,1-2H3,(H,47,48)(H,49,50)/b15-13-,21-19-. The summed E-state index contributed by atoms with van der Waals surface area (Å²) in [5.41, 5.74) is 5.33. The molecule has 0 amide bonds. The molecule has 0 radical (unpaired) electrons. The topological polar surface area (TPSA) is 172 Å². The average Bonchev–Trinajstić information content (AvgIpc) is 3.16. The van der Waals surface area contributed by atoms with E-state index in [-0.39, 0.29) is 19.4 Å². The highest BCUT2D eigenvalue weighted by Gasteiger charge is 2.28. The van der Waals surface area contributed by atoms with Crippen LogP contribution in [0.3, 0.4) is 0 Å². The first kappa shape index (κ1) is 53.0. The first-order valence-corrected chi connectivity index (χ1v) is 23.4. The summed E-state index contributed by atoms with van der Waals surface area (Å²) >= 11 is 0. The third-order valence-corrected chi connectivity index (χ3v) is 10.4. The Morgan fingerprint density at radius 2 is 0.964 bits per heavy atom. The van der Waals surface area contributed by atoms with Crippen LogP contribution in [0.1, 0.15) is 200 Å². The Kier molecular flexibility index (Phi) is 37.4. The SMILES string of the molecule is CCCCCC/C=C\C/C=C\CCCCCCCC(=O)OC(COC(=O)CCCCCCCCCCCCCCCCC)COP(=O)(O)OCC(N)C(=O)O. The second-order valence-electron chi connectivity index (χ2n) is 14.8. The number of hydrogen-bond donors (Lipinski definition) is 3. The van der Waals surface area contributed by atoms with Crippen molar-refractivity contribution in [2.24, 2.45) is 5.73 Å². The van der Waals surface area contributed by atoms with E-state index in [9.17, 15) is 23.8 Å². The van der Waals surface area contributed by atoms with Gasteiger partial charge in [-0.2, -0.15) is 0 Å². The maximum Gasteiger partial charge on any atom is 0.472 e. The van der Waals surface area contributed by atoms with Gasteiger partial charge in [-0.1, -0.05) is 167 Å². The molecule has 0 bridgehead atoms. The van der Waals surface area contributed by atoms with Crippen LogP contribution in [0.25, 0.3) is 0 Å². The summed E-state index contributed by atoms with van der Waals surface area (Å²) in [6, 6.07) is -1.52. The van der Waals surface area contributed by atoms with Gasteiger partial charge in [0.25, 0.3) is 0 Å². The van der Waals surface area contributed by atoms with E-state index in [0.717, 1.165) is 64.2 Å². The number of carboxylic acid groups (broad SMARTS) is 1. The van der Waals surface area contributed by atoms with Gasteiger partial charge < -0.3 is 25.2 Å². The number of carbonyl (C=O) groups excluding carboxylic acids is 2. The minimum absolute atomic E-state index is 0.148. The Morgan fingerprint density at radius 3 is 1.44 bits per heavy atom. The molecule has 0 aromatic heterocycles. The number of unbranched alkanes of at least 4 members (excludes halogenated alkanes) is 23. The minimum atomic E-state index is -4.72. The van der Waals surface area contributed by atoms with Crippen LogP contribution in [0.5, 0.6) is 0 Å². The zero-order valence-electron chi connectivity index (χ0n) is 34.8. The molecule has 0 aliphatic heterocycles. The van der Waals surface area contributed by atoms with E-state index in [1.165, 1.54) is 96.3 Å². The quantitative estimate of drug-likeness (QED) is 0.0232. The van der Waals surface area contributed by atoms with Crippen LogP contribution < -0.4 is 5.73 Å². The molecule has 0 aromatic rings. The fraction of sp³-hybridized carbons (Fsp3) is 0.837. The number of phosphoric acid groups is 1. The summed E-state index contributed by atoms with van der Waals surface area (Å²) in [6.07, 6.45) is 39.5. The lowest BCUT2D eigenvalue weighted by molar-refractivity contribution is -0.161. The van der Waals surface area contributed by atoms with Gasteiger partial charge in [0.15, 0.2) is 6.10 Å². The van der Waals surface area contributed by atoms with Crippen molar-refractivity contribution in [3.8, 4) is 0 Å². The molecule has 0 spiro atoms. The Labute approximate surface area is 334 Å². The van der Waals surface area contributed by atoms with Gasteiger partial charge in [-0.25, -0.2) is 4.57 Å². The lowest BCUT2D eigenvalue weighted by Gasteiger charge is -2.20. The summed E-state index contributed by atoms with van der Waals surface area (Å²) in [5.74, 6) is -2.39. The number of aliphatic carboxylic acids is 1. The number of esters is 2. The van der Waals surface area contributed by atoms with Crippen molar-refractivity contribution in [2.45, 2.75) is 212 Å². The molecule has 0 aliphatic rings. The predicted octanol–water partition coefficient (Wildman–Crippen LogP) is 11.5. The number of nitrogens with two attached hydrogens (primary N) is 1. The van der Waals surface area contributed by atoms with Crippen LogP contribution >= 0.6 is 7.82 Å². The summed E-state index contributed by atoms with van der Waals surface area (Å²) in [5, 5.41) is 8.88. The molecular weight excluding hydrogens is 721 g/mol. The van der Waals surface area contributed by atoms with Crippen molar-refractivity contribution in [3.63, 3.8) is 0 Å². The van der Waals surface area contributed by atoms with Crippen molar-refractivity contribution in [1.29, 1.82) is 0 Å². The van der Waals surface area contributed by atoms with E-state index in [1.54, 1.807) is 0 Å². The summed E-state index contributed by atoms with van der Waals surface area (Å²) in [7, 11) is -4.72. The molecular formula is C43H80NO10P. The molecule has 0 rings (SSSR count). The molecule has 0 saturated heterocycles. The molecule has 0 aromatic carbocycles. The first-order chi connectivity index (χ1) is 26.6. The van der Waals surface area contributed by atoms with Gasteiger partial charge in [-0.05, 0) is 44.9 Å². The van der Waals surface area contributed by atoms with Gasteiger partial charge in [-0.3, -0.25) is 23.4 Å². The van der Waals surface area contributed by atoms with E-state index < -0.39 is 51.1 Å². The number of carbonyl (C=O) groups is 3. The zero-order chi connectivity index (χ0) is 40.7. The zero-order valence-corrected chi connectivity index (χ0v) is 35.7. The molecule has 0 fully saturated rings. The van der Waals surface area contributed by atoms with Crippen molar-refractivity contribution in [3.05, 3.63) is 24.3 Å². The third-order valence-electron chi connectivity index (χ3n) is 9.45. The number of rotatable bonds is 41. The summed E-state index contributed by atoms with van der Waals surface area (Å²) < 4.78 is 32.7. The van der Waals surface area contributed by atoms with Crippen LogP contribution in [0.2, 0.25) is 0 Å². The van der Waals surface area contributed by atoms with Crippen LogP contribution in [-0.2, 0) is 37.5 Å². The molecule has 0 heterocycles. The second kappa shape index (κ2) is 38.8. The fourth-order valence-electron chi connectivity index (χ4n) is 5.98. The van der Waals surface area contributed by atoms with Crippen LogP contribution in [-0.4, -0.2) is 59.9 Å². The predicted molar refractivity (Wildman–Crippen MR) is 222 cm³/mol. The monoisotopic (exact) mass is 802 g/mol. The van der Waals surface area contributed by atoms with Crippen molar-refractivity contribution < 1.29 is 47.5 Å².